The van der Waals surface area contributed by atoms with Gasteiger partial charge in [-0.25, -0.2) is 0 Å². The fourth-order valence-electron chi connectivity index (χ4n) is 2.41. The topological polar surface area (TPSA) is 3.24 Å². The standard InChI is InChI=1S/C10H13NS.2C2H6/c1-11-6-2-9-8(3-7-12-9)10(11)4-5-10;2*1-2/h3,7H,2,4-6H2,1H3;2*1-2H3. The smallest absolute Gasteiger partial charge is 0.0470 e. The first-order valence-corrected chi connectivity index (χ1v) is 7.49. The van der Waals surface area contributed by atoms with E-state index >= 15 is 0 Å². The molecular formula is C14H25NS. The third-order valence-electron chi connectivity index (χ3n) is 3.38. The van der Waals surface area contributed by atoms with Crippen LogP contribution in [0.25, 0.3) is 0 Å². The van der Waals surface area contributed by atoms with Gasteiger partial charge < -0.3 is 0 Å². The highest BCUT2D eigenvalue weighted by Crippen LogP contribution is 2.54. The Morgan fingerprint density at radius 3 is 2.38 bits per heavy atom. The zero-order chi connectivity index (χ0) is 12.2. The molecule has 1 aliphatic carbocycles. The quantitative estimate of drug-likeness (QED) is 0.653. The maximum absolute atomic E-state index is 2.54. The molecule has 1 aliphatic heterocycles. The fourth-order valence-corrected chi connectivity index (χ4v) is 3.37. The van der Waals surface area contributed by atoms with E-state index in [2.05, 4.69) is 23.4 Å². The normalized spacial score (nSPS) is 20.1. The lowest BCUT2D eigenvalue weighted by Gasteiger charge is -2.32. The lowest BCUT2D eigenvalue weighted by molar-refractivity contribution is 0.210. The Kier molecular flexibility index (Phi) is 5.00. The molecule has 2 heteroatoms. The number of fused-ring (bicyclic) bond motifs is 2. The zero-order valence-electron chi connectivity index (χ0n) is 11.3. The van der Waals surface area contributed by atoms with E-state index in [4.69, 9.17) is 0 Å². The Morgan fingerprint density at radius 1 is 1.19 bits per heavy atom. The van der Waals surface area contributed by atoms with Crippen LogP contribution in [0, 0.1) is 0 Å². The van der Waals surface area contributed by atoms with Crippen LogP contribution in [0.1, 0.15) is 51.0 Å². The molecule has 16 heavy (non-hydrogen) atoms. The molecule has 0 atom stereocenters. The first-order valence-electron chi connectivity index (χ1n) is 6.61. The van der Waals surface area contributed by atoms with Crippen LogP contribution in [-0.2, 0) is 12.0 Å². The molecule has 1 nitrogen and oxygen atoms in total. The molecule has 1 saturated carbocycles. The molecule has 0 amide bonds. The molecule has 0 bridgehead atoms. The molecule has 1 spiro atoms. The third-order valence-corrected chi connectivity index (χ3v) is 4.36. The van der Waals surface area contributed by atoms with E-state index in [-0.39, 0.29) is 0 Å². The Morgan fingerprint density at radius 2 is 1.81 bits per heavy atom. The summed E-state index contributed by atoms with van der Waals surface area (Å²) < 4.78 is 0. The summed E-state index contributed by atoms with van der Waals surface area (Å²) in [7, 11) is 2.27. The second kappa shape index (κ2) is 5.83. The average Bonchev–Trinajstić information content (AvgIpc) is 3.00. The molecule has 0 saturated heterocycles. The number of rotatable bonds is 0. The largest absolute Gasteiger partial charge is 0.296 e. The Hall–Kier alpha value is -0.340. The van der Waals surface area contributed by atoms with Crippen LogP contribution in [0.5, 0.6) is 0 Å². The molecule has 1 aromatic rings. The zero-order valence-corrected chi connectivity index (χ0v) is 12.2. The lowest BCUT2D eigenvalue weighted by atomic mass is 9.98. The highest BCUT2D eigenvalue weighted by atomic mass is 32.1. The molecule has 2 aliphatic rings. The van der Waals surface area contributed by atoms with Gasteiger partial charge in [-0.2, -0.15) is 0 Å². The predicted octanol–water partition coefficient (Wildman–Crippen LogP) is 4.28. The van der Waals surface area contributed by atoms with Crippen molar-refractivity contribution in [1.82, 2.24) is 4.90 Å². The van der Waals surface area contributed by atoms with Gasteiger partial charge in [0.1, 0.15) is 0 Å². The summed E-state index contributed by atoms with van der Waals surface area (Å²) >= 11 is 1.94. The van der Waals surface area contributed by atoms with Gasteiger partial charge in [-0.1, -0.05) is 27.7 Å². The van der Waals surface area contributed by atoms with Crippen LogP contribution in [-0.4, -0.2) is 18.5 Å². The van der Waals surface area contributed by atoms with Crippen LogP contribution in [0.3, 0.4) is 0 Å². The minimum atomic E-state index is 0.494. The van der Waals surface area contributed by atoms with Crippen molar-refractivity contribution in [3.63, 3.8) is 0 Å². The van der Waals surface area contributed by atoms with E-state index in [9.17, 15) is 0 Å². The second-order valence-corrected chi connectivity index (χ2v) is 4.96. The molecule has 0 aromatic carbocycles. The van der Waals surface area contributed by atoms with Gasteiger partial charge >= 0.3 is 0 Å². The summed E-state index contributed by atoms with van der Waals surface area (Å²) in [5.41, 5.74) is 2.13. The second-order valence-electron chi connectivity index (χ2n) is 3.96. The Labute approximate surface area is 104 Å². The third kappa shape index (κ3) is 2.18. The summed E-state index contributed by atoms with van der Waals surface area (Å²) in [5.74, 6) is 0. The summed E-state index contributed by atoms with van der Waals surface area (Å²) in [6.45, 7) is 9.26. The Bertz CT molecular complexity index is 312. The van der Waals surface area contributed by atoms with Gasteiger partial charge in [-0.3, -0.25) is 4.90 Å². The van der Waals surface area contributed by atoms with Gasteiger partial charge in [-0.05, 0) is 43.3 Å². The molecule has 0 unspecified atom stereocenters. The maximum Gasteiger partial charge on any atom is 0.0470 e. The van der Waals surface area contributed by atoms with Crippen molar-refractivity contribution in [1.29, 1.82) is 0 Å². The number of hydrogen-bond acceptors (Lipinski definition) is 2. The van der Waals surface area contributed by atoms with Crippen molar-refractivity contribution in [2.24, 2.45) is 0 Å². The summed E-state index contributed by atoms with van der Waals surface area (Å²) in [4.78, 5) is 4.19. The van der Waals surface area contributed by atoms with Crippen LogP contribution < -0.4 is 0 Å². The average molecular weight is 239 g/mol. The van der Waals surface area contributed by atoms with E-state index < -0.39 is 0 Å². The molecular weight excluding hydrogens is 214 g/mol. The number of likely N-dealkylation sites (N-methyl/N-ethyl adjacent to an activating group) is 1. The molecule has 1 aromatic heterocycles. The minimum absolute atomic E-state index is 0.494. The fraction of sp³-hybridized carbons (Fsp3) is 0.714. The number of thiophene rings is 1. The van der Waals surface area contributed by atoms with Crippen LogP contribution in [0.4, 0.5) is 0 Å². The van der Waals surface area contributed by atoms with Crippen molar-refractivity contribution in [3.05, 3.63) is 21.9 Å². The summed E-state index contributed by atoms with van der Waals surface area (Å²) in [6, 6.07) is 2.34. The maximum atomic E-state index is 2.54. The van der Waals surface area contributed by atoms with Crippen molar-refractivity contribution in [2.45, 2.75) is 52.5 Å². The van der Waals surface area contributed by atoms with E-state index in [0.29, 0.717) is 5.54 Å². The van der Waals surface area contributed by atoms with Gasteiger partial charge in [0.2, 0.25) is 0 Å². The summed E-state index contributed by atoms with van der Waals surface area (Å²) in [5, 5.41) is 2.25. The highest BCUT2D eigenvalue weighted by Gasteiger charge is 2.50. The van der Waals surface area contributed by atoms with Crippen LogP contribution in [0.15, 0.2) is 11.4 Å². The van der Waals surface area contributed by atoms with E-state index in [1.807, 2.05) is 39.0 Å². The molecule has 2 heterocycles. The number of hydrogen-bond donors (Lipinski definition) is 0. The monoisotopic (exact) mass is 239 g/mol. The van der Waals surface area contributed by atoms with Gasteiger partial charge in [0.05, 0.1) is 0 Å². The summed E-state index contributed by atoms with van der Waals surface area (Å²) in [6.07, 6.45) is 4.03. The van der Waals surface area contributed by atoms with Gasteiger partial charge in [0.15, 0.2) is 0 Å². The molecule has 1 fully saturated rings. The van der Waals surface area contributed by atoms with Gasteiger partial charge in [-0.15, -0.1) is 11.3 Å². The molecule has 3 rings (SSSR count). The first-order chi connectivity index (χ1) is 7.83. The van der Waals surface area contributed by atoms with Crippen molar-refractivity contribution in [2.75, 3.05) is 13.6 Å². The van der Waals surface area contributed by atoms with Gasteiger partial charge in [0, 0.05) is 17.0 Å². The van der Waals surface area contributed by atoms with Crippen molar-refractivity contribution < 1.29 is 0 Å². The van der Waals surface area contributed by atoms with Crippen LogP contribution in [0.2, 0.25) is 0 Å². The lowest BCUT2D eigenvalue weighted by Crippen LogP contribution is -2.37. The first kappa shape index (κ1) is 13.7. The van der Waals surface area contributed by atoms with E-state index in [1.54, 1.807) is 10.4 Å². The van der Waals surface area contributed by atoms with Crippen LogP contribution >= 0.6 is 11.3 Å². The number of nitrogens with zero attached hydrogens (tertiary/aromatic N) is 1. The Balaban J connectivity index is 0.000000291. The van der Waals surface area contributed by atoms with E-state index in [0.717, 1.165) is 0 Å². The molecule has 0 N–H and O–H groups in total. The molecule has 0 radical (unpaired) electrons. The SMILES string of the molecule is CC.CC.CN1CCc2sccc2C12CC2. The minimum Gasteiger partial charge on any atom is -0.296 e. The highest BCUT2D eigenvalue weighted by molar-refractivity contribution is 7.10. The van der Waals surface area contributed by atoms with Crippen molar-refractivity contribution in [3.8, 4) is 0 Å². The molecule has 92 valence electrons. The van der Waals surface area contributed by atoms with Crippen molar-refractivity contribution >= 4 is 11.3 Å². The predicted molar refractivity (Wildman–Crippen MR) is 74.3 cm³/mol. The van der Waals surface area contributed by atoms with Gasteiger partial charge in [0.25, 0.3) is 0 Å². The van der Waals surface area contributed by atoms with E-state index in [1.165, 1.54) is 25.8 Å².